The molecule has 16 heavy (non-hydrogen) atoms. The quantitative estimate of drug-likeness (QED) is 0.435. The smallest absolute Gasteiger partial charge is 0.166 e. The maximum absolute atomic E-state index is 5.85. The summed E-state index contributed by atoms with van der Waals surface area (Å²) in [7, 11) is 0.828. The van der Waals surface area contributed by atoms with E-state index in [1.807, 2.05) is 6.92 Å². The standard InChI is InChI=1S/C12H28O3Si/c1-5-8-13-11(4)12(16,14-9-6-2)15-10-7-3/h11H,5-10H2,1-4,16H3. The molecule has 0 N–H and O–H groups in total. The van der Waals surface area contributed by atoms with Gasteiger partial charge in [0.05, 0.1) is 10.2 Å². The molecule has 0 bridgehead atoms. The molecule has 0 heterocycles. The Labute approximate surface area is 103 Å². The number of ether oxygens (including phenoxy) is 3. The molecule has 4 heteroatoms. The van der Waals surface area contributed by atoms with Crippen LogP contribution in [0.5, 0.6) is 0 Å². The highest BCUT2D eigenvalue weighted by atomic mass is 28.1. The van der Waals surface area contributed by atoms with Crippen molar-refractivity contribution in [3.63, 3.8) is 0 Å². The van der Waals surface area contributed by atoms with Crippen molar-refractivity contribution >= 4 is 10.2 Å². The minimum absolute atomic E-state index is 0.0252. The second-order valence-electron chi connectivity index (χ2n) is 4.23. The number of hydrogen-bond donors (Lipinski definition) is 0. The zero-order valence-electron chi connectivity index (χ0n) is 11.5. The van der Waals surface area contributed by atoms with Gasteiger partial charge >= 0.3 is 0 Å². The first-order valence-corrected chi connectivity index (χ1v) is 7.50. The van der Waals surface area contributed by atoms with E-state index in [2.05, 4.69) is 20.8 Å². The Hall–Kier alpha value is 0.0969. The Bertz CT molecular complexity index is 156. The summed E-state index contributed by atoms with van der Waals surface area (Å²) in [5.41, 5.74) is -0.471. The van der Waals surface area contributed by atoms with Crippen LogP contribution in [0.4, 0.5) is 0 Å². The van der Waals surface area contributed by atoms with Gasteiger partial charge in [-0.3, -0.25) is 0 Å². The van der Waals surface area contributed by atoms with E-state index in [0.717, 1.165) is 49.3 Å². The second kappa shape index (κ2) is 9.16. The SMILES string of the molecule is CCCOC(C)C([SiH3])(OCCC)OCCC. The van der Waals surface area contributed by atoms with Crippen LogP contribution in [-0.4, -0.2) is 41.6 Å². The topological polar surface area (TPSA) is 27.7 Å². The Morgan fingerprint density at radius 3 is 1.75 bits per heavy atom. The van der Waals surface area contributed by atoms with Gasteiger partial charge in [-0.2, -0.15) is 0 Å². The zero-order chi connectivity index (χ0) is 12.4. The van der Waals surface area contributed by atoms with Gasteiger partial charge in [0.1, 0.15) is 6.10 Å². The molecule has 3 nitrogen and oxygen atoms in total. The third-order valence-electron chi connectivity index (χ3n) is 2.50. The van der Waals surface area contributed by atoms with Gasteiger partial charge < -0.3 is 14.2 Å². The van der Waals surface area contributed by atoms with E-state index in [-0.39, 0.29) is 6.10 Å². The molecule has 1 unspecified atom stereocenters. The van der Waals surface area contributed by atoms with Crippen molar-refractivity contribution in [1.82, 2.24) is 0 Å². The van der Waals surface area contributed by atoms with Crippen LogP contribution in [-0.2, 0) is 14.2 Å². The molecule has 0 saturated heterocycles. The molecule has 0 radical (unpaired) electrons. The highest BCUT2D eigenvalue weighted by Gasteiger charge is 2.33. The van der Waals surface area contributed by atoms with E-state index in [0.29, 0.717) is 0 Å². The van der Waals surface area contributed by atoms with Gasteiger partial charge in [-0.15, -0.1) is 0 Å². The molecule has 0 aromatic heterocycles. The lowest BCUT2D eigenvalue weighted by Crippen LogP contribution is -2.48. The molecule has 0 aliphatic rings. The van der Waals surface area contributed by atoms with E-state index >= 15 is 0 Å². The summed E-state index contributed by atoms with van der Waals surface area (Å²) in [6.45, 7) is 10.6. The molecule has 0 saturated carbocycles. The Kier molecular flexibility index (Phi) is 9.22. The summed E-state index contributed by atoms with van der Waals surface area (Å²) in [6.07, 6.45) is 3.08. The lowest BCUT2D eigenvalue weighted by Gasteiger charge is -2.35. The largest absolute Gasteiger partial charge is 0.373 e. The molecule has 0 fully saturated rings. The van der Waals surface area contributed by atoms with Crippen molar-refractivity contribution in [2.75, 3.05) is 19.8 Å². The fraction of sp³-hybridized carbons (Fsp3) is 1.00. The van der Waals surface area contributed by atoms with E-state index in [4.69, 9.17) is 14.2 Å². The predicted molar refractivity (Wildman–Crippen MR) is 70.9 cm³/mol. The van der Waals surface area contributed by atoms with Crippen LogP contribution in [0.15, 0.2) is 0 Å². The summed E-state index contributed by atoms with van der Waals surface area (Å²) < 4.78 is 17.4. The van der Waals surface area contributed by atoms with Crippen LogP contribution in [0.25, 0.3) is 0 Å². The number of rotatable bonds is 10. The summed E-state index contributed by atoms with van der Waals surface area (Å²) >= 11 is 0. The minimum Gasteiger partial charge on any atom is -0.373 e. The van der Waals surface area contributed by atoms with E-state index < -0.39 is 5.41 Å². The fourth-order valence-corrected chi connectivity index (χ4v) is 1.91. The monoisotopic (exact) mass is 248 g/mol. The molecule has 1 atom stereocenters. The van der Waals surface area contributed by atoms with Crippen LogP contribution in [0.2, 0.25) is 0 Å². The van der Waals surface area contributed by atoms with Crippen molar-refractivity contribution in [3.8, 4) is 0 Å². The normalized spacial score (nSPS) is 14.2. The molecule has 0 amide bonds. The van der Waals surface area contributed by atoms with Gasteiger partial charge in [-0.05, 0) is 26.2 Å². The molecule has 0 rings (SSSR count). The van der Waals surface area contributed by atoms with Crippen molar-refractivity contribution in [2.24, 2.45) is 0 Å². The first-order valence-electron chi connectivity index (χ1n) is 6.50. The molecular weight excluding hydrogens is 220 g/mol. The van der Waals surface area contributed by atoms with Crippen molar-refractivity contribution in [3.05, 3.63) is 0 Å². The molecule has 0 aromatic carbocycles. The average Bonchev–Trinajstić information content (AvgIpc) is 2.30. The van der Waals surface area contributed by atoms with E-state index in [1.54, 1.807) is 0 Å². The van der Waals surface area contributed by atoms with Gasteiger partial charge in [0, 0.05) is 19.8 Å². The zero-order valence-corrected chi connectivity index (χ0v) is 13.5. The summed E-state index contributed by atoms with van der Waals surface area (Å²) in [5.74, 6) is 0. The lowest BCUT2D eigenvalue weighted by atomic mass is 10.3. The van der Waals surface area contributed by atoms with Gasteiger partial charge in [0.25, 0.3) is 0 Å². The van der Waals surface area contributed by atoms with Crippen LogP contribution in [0.3, 0.4) is 0 Å². The predicted octanol–water partition coefficient (Wildman–Crippen LogP) is 1.67. The molecule has 0 aliphatic heterocycles. The van der Waals surface area contributed by atoms with E-state index in [1.165, 1.54) is 0 Å². The van der Waals surface area contributed by atoms with Crippen LogP contribution in [0, 0.1) is 0 Å². The minimum atomic E-state index is -0.471. The summed E-state index contributed by atoms with van der Waals surface area (Å²) in [6, 6.07) is 0. The average molecular weight is 248 g/mol. The molecular formula is C12H28O3Si. The molecule has 0 spiro atoms. The molecule has 0 aromatic rings. The second-order valence-corrected chi connectivity index (χ2v) is 5.62. The lowest BCUT2D eigenvalue weighted by molar-refractivity contribution is -0.235. The Balaban J connectivity index is 4.24. The van der Waals surface area contributed by atoms with Crippen molar-refractivity contribution in [1.29, 1.82) is 0 Å². The van der Waals surface area contributed by atoms with Crippen LogP contribution in [0.1, 0.15) is 47.0 Å². The fourth-order valence-electron chi connectivity index (χ4n) is 1.33. The molecule has 0 aliphatic carbocycles. The summed E-state index contributed by atoms with van der Waals surface area (Å²) in [4.78, 5) is 0. The van der Waals surface area contributed by atoms with Crippen LogP contribution >= 0.6 is 0 Å². The highest BCUT2D eigenvalue weighted by molar-refractivity contribution is 6.13. The first-order chi connectivity index (χ1) is 7.60. The highest BCUT2D eigenvalue weighted by Crippen LogP contribution is 2.18. The maximum atomic E-state index is 5.85. The maximum Gasteiger partial charge on any atom is 0.166 e. The third kappa shape index (κ3) is 5.99. The van der Waals surface area contributed by atoms with E-state index in [9.17, 15) is 0 Å². The number of hydrogen-bond acceptors (Lipinski definition) is 3. The Morgan fingerprint density at radius 1 is 0.938 bits per heavy atom. The third-order valence-corrected chi connectivity index (χ3v) is 3.89. The van der Waals surface area contributed by atoms with Gasteiger partial charge in [-0.25, -0.2) is 0 Å². The van der Waals surface area contributed by atoms with Gasteiger partial charge in [-0.1, -0.05) is 20.8 Å². The molecule has 98 valence electrons. The van der Waals surface area contributed by atoms with Gasteiger partial charge in [0.2, 0.25) is 0 Å². The van der Waals surface area contributed by atoms with Crippen molar-refractivity contribution < 1.29 is 14.2 Å². The summed E-state index contributed by atoms with van der Waals surface area (Å²) in [5, 5.41) is 0. The first kappa shape index (κ1) is 16.1. The van der Waals surface area contributed by atoms with Crippen molar-refractivity contribution in [2.45, 2.75) is 58.5 Å². The van der Waals surface area contributed by atoms with Crippen LogP contribution < -0.4 is 0 Å². The van der Waals surface area contributed by atoms with Gasteiger partial charge in [0.15, 0.2) is 5.41 Å². The Morgan fingerprint density at radius 2 is 1.38 bits per heavy atom.